The normalized spacial score (nSPS) is 10.5. The monoisotopic (exact) mass is 238 g/mol. The summed E-state index contributed by atoms with van der Waals surface area (Å²) in [5.74, 6) is 0.855. The van der Waals surface area contributed by atoms with Crippen molar-refractivity contribution in [1.82, 2.24) is 10.3 Å². The molecule has 0 aromatic carbocycles. The zero-order valence-corrected chi connectivity index (χ0v) is 10.7. The third kappa shape index (κ3) is 6.24. The van der Waals surface area contributed by atoms with Crippen LogP contribution in [0.5, 0.6) is 5.75 Å². The highest BCUT2D eigenvalue weighted by molar-refractivity contribution is 5.22. The molecule has 0 radical (unpaired) electrons. The van der Waals surface area contributed by atoms with Crippen LogP contribution in [0.4, 0.5) is 0 Å². The molecule has 0 atom stereocenters. The fourth-order valence-electron chi connectivity index (χ4n) is 1.40. The van der Waals surface area contributed by atoms with Crippen LogP contribution < -0.4 is 10.1 Å². The molecule has 0 aliphatic rings. The molecular weight excluding hydrogens is 216 g/mol. The highest BCUT2D eigenvalue weighted by Crippen LogP contribution is 2.10. The van der Waals surface area contributed by atoms with Crippen LogP contribution >= 0.6 is 0 Å². The lowest BCUT2D eigenvalue weighted by atomic mass is 10.3. The molecule has 0 bridgehead atoms. The fraction of sp³-hybridized carbons (Fsp3) is 0.615. The van der Waals surface area contributed by atoms with Gasteiger partial charge in [0.15, 0.2) is 0 Å². The summed E-state index contributed by atoms with van der Waals surface area (Å²) in [6.07, 6.45) is 2.91. The molecule has 1 aromatic rings. The van der Waals surface area contributed by atoms with E-state index >= 15 is 0 Å². The molecule has 0 spiro atoms. The number of nitrogens with one attached hydrogen (secondary N) is 1. The van der Waals surface area contributed by atoms with Gasteiger partial charge in [0.2, 0.25) is 0 Å². The van der Waals surface area contributed by atoms with Gasteiger partial charge in [-0.25, -0.2) is 0 Å². The minimum atomic E-state index is 0.583. The zero-order chi connectivity index (χ0) is 12.3. The Morgan fingerprint density at radius 2 is 2.18 bits per heavy atom. The Hall–Kier alpha value is -1.13. The topological polar surface area (TPSA) is 43.4 Å². The van der Waals surface area contributed by atoms with Gasteiger partial charge in [0.25, 0.3) is 0 Å². The van der Waals surface area contributed by atoms with Crippen LogP contribution in [-0.4, -0.2) is 31.3 Å². The lowest BCUT2D eigenvalue weighted by Crippen LogP contribution is -2.15. The molecule has 0 fully saturated rings. The van der Waals surface area contributed by atoms with E-state index < -0.39 is 0 Å². The van der Waals surface area contributed by atoms with Gasteiger partial charge in [0.05, 0.1) is 12.3 Å². The highest BCUT2D eigenvalue weighted by Gasteiger charge is 1.98. The maximum Gasteiger partial charge on any atom is 0.122 e. The van der Waals surface area contributed by atoms with Crippen LogP contribution in [0, 0.1) is 0 Å². The van der Waals surface area contributed by atoms with Crippen molar-refractivity contribution in [3.63, 3.8) is 0 Å². The number of pyridine rings is 1. The summed E-state index contributed by atoms with van der Waals surface area (Å²) >= 11 is 0. The van der Waals surface area contributed by atoms with Crippen molar-refractivity contribution in [2.75, 3.05) is 26.4 Å². The van der Waals surface area contributed by atoms with Gasteiger partial charge in [-0.05, 0) is 26.0 Å². The van der Waals surface area contributed by atoms with E-state index in [1.54, 1.807) is 6.20 Å². The second-order valence-corrected chi connectivity index (χ2v) is 3.71. The molecule has 1 N–H and O–H groups in total. The van der Waals surface area contributed by atoms with Crippen LogP contribution in [0.1, 0.15) is 26.0 Å². The van der Waals surface area contributed by atoms with E-state index in [1.807, 2.05) is 19.1 Å². The van der Waals surface area contributed by atoms with Gasteiger partial charge in [0, 0.05) is 25.4 Å². The molecule has 0 aliphatic carbocycles. The summed E-state index contributed by atoms with van der Waals surface area (Å²) in [6, 6.07) is 3.84. The zero-order valence-electron chi connectivity index (χ0n) is 10.7. The van der Waals surface area contributed by atoms with Gasteiger partial charge in [-0.2, -0.15) is 0 Å². The van der Waals surface area contributed by atoms with Crippen molar-refractivity contribution in [2.45, 2.75) is 26.8 Å². The summed E-state index contributed by atoms with van der Waals surface area (Å²) < 4.78 is 10.8. The molecule has 1 aromatic heterocycles. The molecule has 0 saturated carbocycles. The maximum absolute atomic E-state index is 5.56. The van der Waals surface area contributed by atoms with Crippen molar-refractivity contribution in [3.05, 3.63) is 24.0 Å². The fourth-order valence-corrected chi connectivity index (χ4v) is 1.40. The molecule has 1 rings (SSSR count). The lowest BCUT2D eigenvalue weighted by molar-refractivity contribution is 0.110. The maximum atomic E-state index is 5.56. The number of aromatic nitrogens is 1. The summed E-state index contributed by atoms with van der Waals surface area (Å²) in [7, 11) is 0. The SMILES string of the molecule is CCCNCc1cc(OCCOCC)ccn1. The minimum absolute atomic E-state index is 0.583. The second kappa shape index (κ2) is 8.96. The van der Waals surface area contributed by atoms with E-state index in [1.165, 1.54) is 0 Å². The number of nitrogens with zero attached hydrogens (tertiary/aromatic N) is 1. The van der Waals surface area contributed by atoms with E-state index in [-0.39, 0.29) is 0 Å². The van der Waals surface area contributed by atoms with Gasteiger partial charge >= 0.3 is 0 Å². The molecule has 1 heterocycles. The second-order valence-electron chi connectivity index (χ2n) is 3.71. The first kappa shape index (κ1) is 13.9. The highest BCUT2D eigenvalue weighted by atomic mass is 16.5. The van der Waals surface area contributed by atoms with Crippen molar-refractivity contribution >= 4 is 0 Å². The molecule has 0 aliphatic heterocycles. The lowest BCUT2D eigenvalue weighted by Gasteiger charge is -2.08. The Morgan fingerprint density at radius 1 is 1.29 bits per heavy atom. The predicted octanol–water partition coefficient (Wildman–Crippen LogP) is 2.00. The van der Waals surface area contributed by atoms with Crippen LogP contribution in [0.25, 0.3) is 0 Å². The first-order valence-corrected chi connectivity index (χ1v) is 6.23. The largest absolute Gasteiger partial charge is 0.491 e. The van der Waals surface area contributed by atoms with Gasteiger partial charge in [0.1, 0.15) is 12.4 Å². The molecule has 17 heavy (non-hydrogen) atoms. The molecule has 4 heteroatoms. The van der Waals surface area contributed by atoms with Gasteiger partial charge in [-0.3, -0.25) is 4.98 Å². The number of rotatable bonds is 9. The number of ether oxygens (including phenoxy) is 2. The van der Waals surface area contributed by atoms with E-state index in [0.717, 1.165) is 37.6 Å². The minimum Gasteiger partial charge on any atom is -0.491 e. The standard InChI is InChI=1S/C13H22N2O2/c1-3-6-14-11-12-10-13(5-7-15-12)17-9-8-16-4-2/h5,7,10,14H,3-4,6,8-9,11H2,1-2H3. The van der Waals surface area contributed by atoms with Crippen molar-refractivity contribution in [2.24, 2.45) is 0 Å². The number of hydrogen-bond acceptors (Lipinski definition) is 4. The summed E-state index contributed by atoms with van der Waals surface area (Å²) in [4.78, 5) is 4.28. The third-order valence-electron chi connectivity index (χ3n) is 2.22. The van der Waals surface area contributed by atoms with Crippen LogP contribution in [0.15, 0.2) is 18.3 Å². The van der Waals surface area contributed by atoms with Gasteiger partial charge < -0.3 is 14.8 Å². The Bertz CT molecular complexity index is 305. The summed E-state index contributed by atoms with van der Waals surface area (Å²) in [6.45, 7) is 7.86. The van der Waals surface area contributed by atoms with E-state index in [9.17, 15) is 0 Å². The molecule has 0 saturated heterocycles. The van der Waals surface area contributed by atoms with Crippen molar-refractivity contribution < 1.29 is 9.47 Å². The van der Waals surface area contributed by atoms with Crippen LogP contribution in [0.3, 0.4) is 0 Å². The van der Waals surface area contributed by atoms with E-state index in [2.05, 4.69) is 17.2 Å². The first-order valence-electron chi connectivity index (χ1n) is 6.23. The van der Waals surface area contributed by atoms with E-state index in [0.29, 0.717) is 13.2 Å². The molecular formula is C13H22N2O2. The summed E-state index contributed by atoms with van der Waals surface area (Å²) in [5.41, 5.74) is 1.01. The Labute approximate surface area is 103 Å². The Morgan fingerprint density at radius 3 is 2.94 bits per heavy atom. The smallest absolute Gasteiger partial charge is 0.122 e. The van der Waals surface area contributed by atoms with Gasteiger partial charge in [-0.1, -0.05) is 6.92 Å². The Balaban J connectivity index is 2.31. The molecule has 0 unspecified atom stereocenters. The van der Waals surface area contributed by atoms with Crippen LogP contribution in [-0.2, 0) is 11.3 Å². The van der Waals surface area contributed by atoms with E-state index in [4.69, 9.17) is 9.47 Å². The molecule has 4 nitrogen and oxygen atoms in total. The molecule has 96 valence electrons. The quantitative estimate of drug-likeness (QED) is 0.668. The number of hydrogen-bond donors (Lipinski definition) is 1. The summed E-state index contributed by atoms with van der Waals surface area (Å²) in [5, 5.41) is 3.31. The first-order chi connectivity index (χ1) is 8.36. The Kier molecular flexibility index (Phi) is 7.34. The van der Waals surface area contributed by atoms with Crippen LogP contribution in [0.2, 0.25) is 0 Å². The van der Waals surface area contributed by atoms with Crippen molar-refractivity contribution in [1.29, 1.82) is 0 Å². The molecule has 0 amide bonds. The predicted molar refractivity (Wildman–Crippen MR) is 68.2 cm³/mol. The average Bonchev–Trinajstić information content (AvgIpc) is 2.36. The van der Waals surface area contributed by atoms with Gasteiger partial charge in [-0.15, -0.1) is 0 Å². The third-order valence-corrected chi connectivity index (χ3v) is 2.22. The average molecular weight is 238 g/mol. The van der Waals surface area contributed by atoms with Crippen molar-refractivity contribution in [3.8, 4) is 5.75 Å².